The van der Waals surface area contributed by atoms with Crippen LogP contribution in [0.2, 0.25) is 0 Å². The van der Waals surface area contributed by atoms with Crippen LogP contribution >= 0.6 is 0 Å². The Balaban J connectivity index is 2.14. The molecule has 2 rings (SSSR count). The molecular weight excluding hydrogens is 224 g/mol. The highest BCUT2D eigenvalue weighted by molar-refractivity contribution is 5.05. The van der Waals surface area contributed by atoms with Gasteiger partial charge in [0.1, 0.15) is 5.76 Å². The Bertz CT molecular complexity index is 347. The highest BCUT2D eigenvalue weighted by atomic mass is 16.3. The van der Waals surface area contributed by atoms with Crippen molar-refractivity contribution in [2.45, 2.75) is 52.2 Å². The highest BCUT2D eigenvalue weighted by Crippen LogP contribution is 2.28. The molecule has 1 fully saturated rings. The summed E-state index contributed by atoms with van der Waals surface area (Å²) in [4.78, 5) is 2.61. The number of furan rings is 1. The second-order valence-corrected chi connectivity index (χ2v) is 5.71. The number of rotatable bonds is 4. The summed E-state index contributed by atoms with van der Waals surface area (Å²) in [6.45, 7) is 11.3. The van der Waals surface area contributed by atoms with Gasteiger partial charge in [-0.05, 0) is 31.4 Å². The minimum atomic E-state index is 0.364. The van der Waals surface area contributed by atoms with Crippen LogP contribution in [0.15, 0.2) is 22.8 Å². The summed E-state index contributed by atoms with van der Waals surface area (Å²) in [5, 5.41) is 3.66. The maximum absolute atomic E-state index is 5.58. The lowest BCUT2D eigenvalue weighted by atomic mass is 9.95. The second-order valence-electron chi connectivity index (χ2n) is 5.71. The fourth-order valence-electron chi connectivity index (χ4n) is 2.89. The van der Waals surface area contributed by atoms with Gasteiger partial charge in [-0.25, -0.2) is 0 Å². The summed E-state index contributed by atoms with van der Waals surface area (Å²) in [5.41, 5.74) is 0. The molecule has 0 aromatic carbocycles. The minimum absolute atomic E-state index is 0.364. The van der Waals surface area contributed by atoms with Gasteiger partial charge in [0.05, 0.1) is 12.3 Å². The van der Waals surface area contributed by atoms with E-state index in [0.29, 0.717) is 24.0 Å². The molecule has 1 aliphatic heterocycles. The molecule has 18 heavy (non-hydrogen) atoms. The average molecular weight is 250 g/mol. The molecule has 3 unspecified atom stereocenters. The van der Waals surface area contributed by atoms with E-state index in [4.69, 9.17) is 4.42 Å². The zero-order valence-electron chi connectivity index (χ0n) is 12.0. The molecular formula is C15H26N2O. The molecule has 2 heterocycles. The molecule has 1 saturated heterocycles. The Morgan fingerprint density at radius 2 is 2.22 bits per heavy atom. The van der Waals surface area contributed by atoms with Crippen LogP contribution < -0.4 is 5.32 Å². The van der Waals surface area contributed by atoms with Crippen LogP contribution in [0.5, 0.6) is 0 Å². The van der Waals surface area contributed by atoms with E-state index in [1.807, 2.05) is 6.07 Å². The third-order valence-corrected chi connectivity index (χ3v) is 4.19. The van der Waals surface area contributed by atoms with E-state index in [-0.39, 0.29) is 0 Å². The van der Waals surface area contributed by atoms with Crippen LogP contribution in [-0.4, -0.2) is 30.1 Å². The Morgan fingerprint density at radius 3 is 2.78 bits per heavy atom. The van der Waals surface area contributed by atoms with Crippen molar-refractivity contribution in [1.29, 1.82) is 0 Å². The van der Waals surface area contributed by atoms with E-state index in [9.17, 15) is 0 Å². The first-order valence-corrected chi connectivity index (χ1v) is 7.16. The lowest BCUT2D eigenvalue weighted by molar-refractivity contribution is 0.0524. The fraction of sp³-hybridized carbons (Fsp3) is 0.733. The minimum Gasteiger partial charge on any atom is -0.468 e. The molecule has 0 spiro atoms. The van der Waals surface area contributed by atoms with Gasteiger partial charge in [0.25, 0.3) is 0 Å². The monoisotopic (exact) mass is 250 g/mol. The van der Waals surface area contributed by atoms with Crippen molar-refractivity contribution in [3.8, 4) is 0 Å². The largest absolute Gasteiger partial charge is 0.468 e. The Morgan fingerprint density at radius 1 is 1.44 bits per heavy atom. The number of piperazine rings is 1. The zero-order valence-corrected chi connectivity index (χ0v) is 12.0. The third-order valence-electron chi connectivity index (χ3n) is 4.19. The van der Waals surface area contributed by atoms with Gasteiger partial charge in [-0.15, -0.1) is 0 Å². The third kappa shape index (κ3) is 2.78. The van der Waals surface area contributed by atoms with Crippen molar-refractivity contribution in [3.05, 3.63) is 24.2 Å². The number of nitrogens with zero attached hydrogens (tertiary/aromatic N) is 1. The molecule has 102 valence electrons. The zero-order chi connectivity index (χ0) is 13.1. The SMILES string of the molecule is CCC1CN(C(C)c2ccco2)C(C(C)C)CN1. The molecule has 0 saturated carbocycles. The van der Waals surface area contributed by atoms with E-state index >= 15 is 0 Å². The van der Waals surface area contributed by atoms with Crippen LogP contribution in [0.3, 0.4) is 0 Å². The normalized spacial score (nSPS) is 27.6. The van der Waals surface area contributed by atoms with Gasteiger partial charge in [0, 0.05) is 25.2 Å². The first kappa shape index (κ1) is 13.6. The van der Waals surface area contributed by atoms with Crippen molar-refractivity contribution in [2.24, 2.45) is 5.92 Å². The second kappa shape index (κ2) is 5.89. The highest BCUT2D eigenvalue weighted by Gasteiger charge is 2.33. The summed E-state index contributed by atoms with van der Waals surface area (Å²) in [5.74, 6) is 1.74. The summed E-state index contributed by atoms with van der Waals surface area (Å²) < 4.78 is 5.58. The van der Waals surface area contributed by atoms with Crippen LogP contribution in [0.4, 0.5) is 0 Å². The van der Waals surface area contributed by atoms with Crippen molar-refractivity contribution in [3.63, 3.8) is 0 Å². The van der Waals surface area contributed by atoms with Gasteiger partial charge in [-0.3, -0.25) is 4.90 Å². The molecule has 3 nitrogen and oxygen atoms in total. The Kier molecular flexibility index (Phi) is 4.46. The van der Waals surface area contributed by atoms with Crippen LogP contribution in [-0.2, 0) is 0 Å². The predicted octanol–water partition coefficient (Wildman–Crippen LogP) is 3.05. The molecule has 3 atom stereocenters. The maximum atomic E-state index is 5.58. The molecule has 1 aromatic rings. The quantitative estimate of drug-likeness (QED) is 0.890. The van der Waals surface area contributed by atoms with Crippen LogP contribution in [0, 0.1) is 5.92 Å². The number of hydrogen-bond donors (Lipinski definition) is 1. The molecule has 0 bridgehead atoms. The van der Waals surface area contributed by atoms with Crippen molar-refractivity contribution < 1.29 is 4.42 Å². The van der Waals surface area contributed by atoms with Gasteiger partial charge in [-0.2, -0.15) is 0 Å². The topological polar surface area (TPSA) is 28.4 Å². The average Bonchev–Trinajstić information content (AvgIpc) is 2.90. The molecule has 1 aromatic heterocycles. The molecule has 0 aliphatic carbocycles. The Labute approximate surface area is 111 Å². The van der Waals surface area contributed by atoms with Gasteiger partial charge in [0.2, 0.25) is 0 Å². The van der Waals surface area contributed by atoms with E-state index in [1.165, 1.54) is 6.42 Å². The van der Waals surface area contributed by atoms with Crippen LogP contribution in [0.1, 0.15) is 45.9 Å². The van der Waals surface area contributed by atoms with Crippen molar-refractivity contribution in [2.75, 3.05) is 13.1 Å². The molecule has 3 heteroatoms. The first-order valence-electron chi connectivity index (χ1n) is 7.16. The van der Waals surface area contributed by atoms with Crippen molar-refractivity contribution in [1.82, 2.24) is 10.2 Å². The molecule has 1 aliphatic rings. The van der Waals surface area contributed by atoms with Crippen molar-refractivity contribution >= 4 is 0 Å². The summed E-state index contributed by atoms with van der Waals surface area (Å²) in [6.07, 6.45) is 2.96. The number of hydrogen-bond acceptors (Lipinski definition) is 3. The number of nitrogens with one attached hydrogen (secondary N) is 1. The van der Waals surface area contributed by atoms with E-state index in [1.54, 1.807) is 6.26 Å². The van der Waals surface area contributed by atoms with Crippen LogP contribution in [0.25, 0.3) is 0 Å². The first-order chi connectivity index (χ1) is 8.63. The smallest absolute Gasteiger partial charge is 0.120 e. The fourth-order valence-corrected chi connectivity index (χ4v) is 2.89. The van der Waals surface area contributed by atoms with Gasteiger partial charge < -0.3 is 9.73 Å². The summed E-state index contributed by atoms with van der Waals surface area (Å²) >= 11 is 0. The Hall–Kier alpha value is -0.800. The van der Waals surface area contributed by atoms with E-state index < -0.39 is 0 Å². The van der Waals surface area contributed by atoms with Gasteiger partial charge >= 0.3 is 0 Å². The summed E-state index contributed by atoms with van der Waals surface area (Å²) in [6, 6.07) is 5.63. The molecule has 1 N–H and O–H groups in total. The van der Waals surface area contributed by atoms with Gasteiger partial charge in [-0.1, -0.05) is 20.8 Å². The predicted molar refractivity (Wildman–Crippen MR) is 74.5 cm³/mol. The standard InChI is InChI=1S/C15H26N2O/c1-5-13-10-17(14(9-16-13)11(2)3)12(4)15-7-6-8-18-15/h6-8,11-14,16H,5,9-10H2,1-4H3. The lowest BCUT2D eigenvalue weighted by Gasteiger charge is -2.44. The molecule has 0 radical (unpaired) electrons. The van der Waals surface area contributed by atoms with E-state index in [2.05, 4.69) is 44.0 Å². The molecule has 0 amide bonds. The lowest BCUT2D eigenvalue weighted by Crippen LogP contribution is -2.58. The summed E-state index contributed by atoms with van der Waals surface area (Å²) in [7, 11) is 0. The maximum Gasteiger partial charge on any atom is 0.120 e. The van der Waals surface area contributed by atoms with E-state index in [0.717, 1.165) is 18.8 Å². The van der Waals surface area contributed by atoms with Gasteiger partial charge in [0.15, 0.2) is 0 Å².